The second-order valence-electron chi connectivity index (χ2n) is 10.2. The Morgan fingerprint density at radius 2 is 1.56 bits per heavy atom. The molecule has 256 valence electrons. The van der Waals surface area contributed by atoms with Gasteiger partial charge in [-0.25, -0.2) is 22.8 Å². The van der Waals surface area contributed by atoms with Crippen molar-refractivity contribution in [1.29, 1.82) is 5.26 Å². The van der Waals surface area contributed by atoms with E-state index in [1.54, 1.807) is 9.47 Å². The maximum Gasteiger partial charge on any atom is 0.490 e. The van der Waals surface area contributed by atoms with E-state index in [1.165, 1.54) is 12.3 Å². The van der Waals surface area contributed by atoms with E-state index in [-0.39, 0.29) is 54.7 Å². The predicted octanol–water partition coefficient (Wildman–Crippen LogP) is 5.48. The van der Waals surface area contributed by atoms with Crippen LogP contribution in [0.25, 0.3) is 32.1 Å². The van der Waals surface area contributed by atoms with Crippen LogP contribution >= 0.6 is 11.3 Å². The number of nitriles is 1. The Morgan fingerprint density at radius 3 is 2.12 bits per heavy atom. The minimum atomic E-state index is -5.08. The number of aryl methyl sites for hydroxylation is 1. The van der Waals surface area contributed by atoms with Gasteiger partial charge in [0, 0.05) is 54.8 Å². The number of aromatic nitrogens is 1. The van der Waals surface area contributed by atoms with E-state index in [0.29, 0.717) is 38.1 Å². The predicted molar refractivity (Wildman–Crippen MR) is 151 cm³/mol. The molecule has 48 heavy (non-hydrogen) atoms. The summed E-state index contributed by atoms with van der Waals surface area (Å²) in [6, 6.07) is 5.52. The number of aliphatic carboxylic acids is 2. The first-order valence-corrected chi connectivity index (χ1v) is 14.1. The highest BCUT2D eigenvalue weighted by molar-refractivity contribution is 7.23. The van der Waals surface area contributed by atoms with Crippen LogP contribution in [0.5, 0.6) is 0 Å². The van der Waals surface area contributed by atoms with Crippen molar-refractivity contribution < 1.29 is 64.1 Å². The van der Waals surface area contributed by atoms with Gasteiger partial charge in [-0.15, -0.1) is 11.3 Å². The van der Waals surface area contributed by atoms with Gasteiger partial charge in [0.2, 0.25) is 0 Å². The Morgan fingerprint density at radius 1 is 0.958 bits per heavy atom. The number of rotatable bonds is 1. The normalized spacial score (nSPS) is 16.1. The number of nitrogens with two attached hydrogens (primary N) is 1. The van der Waals surface area contributed by atoms with Crippen molar-refractivity contribution in [3.8, 4) is 17.2 Å². The van der Waals surface area contributed by atoms with Crippen LogP contribution in [0.2, 0.25) is 0 Å². The fraction of sp³-hybridized carbons (Fsp3) is 0.286. The van der Waals surface area contributed by atoms with E-state index in [2.05, 4.69) is 5.32 Å². The van der Waals surface area contributed by atoms with Crippen molar-refractivity contribution in [3.05, 3.63) is 53.0 Å². The van der Waals surface area contributed by atoms with E-state index in [0.717, 1.165) is 23.5 Å². The van der Waals surface area contributed by atoms with Crippen LogP contribution in [0.3, 0.4) is 0 Å². The number of hydrogen-bond acceptors (Lipinski definition) is 7. The van der Waals surface area contributed by atoms with Crippen LogP contribution in [0.1, 0.15) is 22.3 Å². The summed E-state index contributed by atoms with van der Waals surface area (Å²) in [5.41, 5.74) is 6.41. The molecule has 1 atom stereocenters. The molecule has 10 nitrogen and oxygen atoms in total. The van der Waals surface area contributed by atoms with Crippen molar-refractivity contribution in [2.45, 2.75) is 31.4 Å². The largest absolute Gasteiger partial charge is 0.490 e. The number of amides is 1. The zero-order chi connectivity index (χ0) is 35.9. The lowest BCUT2D eigenvalue weighted by Gasteiger charge is -2.38. The van der Waals surface area contributed by atoms with Gasteiger partial charge < -0.3 is 30.7 Å². The number of carbonyl (C=O) groups excluding carboxylic acids is 1. The maximum atomic E-state index is 15.8. The van der Waals surface area contributed by atoms with E-state index in [4.69, 9.17) is 25.5 Å². The van der Waals surface area contributed by atoms with Gasteiger partial charge in [0.05, 0.1) is 21.3 Å². The number of halogens is 9. The molecule has 4 aromatic rings. The van der Waals surface area contributed by atoms with E-state index in [9.17, 15) is 40.8 Å². The summed E-state index contributed by atoms with van der Waals surface area (Å²) in [6.45, 7) is 2.18. The summed E-state index contributed by atoms with van der Waals surface area (Å²) >= 11 is 0.889. The quantitative estimate of drug-likeness (QED) is 0.189. The third-order valence-electron chi connectivity index (χ3n) is 7.28. The Balaban J connectivity index is 0.000000314. The molecular formula is C28H20F9N5O5S. The second-order valence-corrected chi connectivity index (χ2v) is 11.2. The molecule has 2 aromatic heterocycles. The summed E-state index contributed by atoms with van der Waals surface area (Å²) < 4.78 is 111. The topological polar surface area (TPSA) is 162 Å². The highest BCUT2D eigenvalue weighted by atomic mass is 32.1. The number of nitrogens with zero attached hydrogens (tertiary/aromatic N) is 3. The maximum absolute atomic E-state index is 15.8. The Bertz CT molecular complexity index is 1960. The average Bonchev–Trinajstić information content (AvgIpc) is 3.51. The number of nitrogen functional groups attached to an aromatic ring is 1. The molecule has 6 rings (SSSR count). The molecule has 1 fully saturated rings. The number of thiophene rings is 1. The molecule has 0 unspecified atom stereocenters. The highest BCUT2D eigenvalue weighted by Gasteiger charge is 2.39. The number of benzene rings is 2. The van der Waals surface area contributed by atoms with Gasteiger partial charge in [-0.1, -0.05) is 6.07 Å². The van der Waals surface area contributed by atoms with Crippen LogP contribution in [0, 0.1) is 28.8 Å². The zero-order valence-corrected chi connectivity index (χ0v) is 24.6. The molecule has 2 aliphatic heterocycles. The molecule has 0 bridgehead atoms. The van der Waals surface area contributed by atoms with Gasteiger partial charge in [0.1, 0.15) is 28.5 Å². The molecule has 0 spiro atoms. The van der Waals surface area contributed by atoms with Crippen LogP contribution < -0.4 is 11.1 Å². The third kappa shape index (κ3) is 6.82. The van der Waals surface area contributed by atoms with Crippen molar-refractivity contribution in [3.63, 3.8) is 0 Å². The summed E-state index contributed by atoms with van der Waals surface area (Å²) in [5, 5.41) is 27.3. The summed E-state index contributed by atoms with van der Waals surface area (Å²) in [7, 11) is 0. The molecule has 1 amide bonds. The molecule has 1 saturated heterocycles. The van der Waals surface area contributed by atoms with Crippen molar-refractivity contribution in [2.24, 2.45) is 0 Å². The lowest BCUT2D eigenvalue weighted by molar-refractivity contribution is -0.193. The number of piperazine rings is 1. The molecule has 4 heterocycles. The van der Waals surface area contributed by atoms with Gasteiger partial charge in [0.15, 0.2) is 0 Å². The molecule has 0 saturated carbocycles. The third-order valence-corrected chi connectivity index (χ3v) is 8.30. The number of carbonyl (C=O) groups is 3. The fourth-order valence-corrected chi connectivity index (χ4v) is 6.23. The van der Waals surface area contributed by atoms with Gasteiger partial charge in [-0.3, -0.25) is 4.79 Å². The summed E-state index contributed by atoms with van der Waals surface area (Å²) in [6.07, 6.45) is -8.27. The zero-order valence-electron chi connectivity index (χ0n) is 23.8. The number of alkyl halides is 6. The second kappa shape index (κ2) is 13.2. The van der Waals surface area contributed by atoms with E-state index < -0.39 is 41.7 Å². The van der Waals surface area contributed by atoms with Gasteiger partial charge in [-0.2, -0.15) is 31.6 Å². The Hall–Kier alpha value is -5.03. The number of hydrogen-bond donors (Lipinski definition) is 4. The number of carboxylic acid groups (broad SMARTS) is 2. The average molecular weight is 710 g/mol. The first-order chi connectivity index (χ1) is 22.3. The number of nitrogens with one attached hydrogen (secondary N) is 1. The summed E-state index contributed by atoms with van der Waals surface area (Å²) in [5.74, 6) is -7.96. The number of anilines is 1. The van der Waals surface area contributed by atoms with E-state index in [1.807, 2.05) is 6.07 Å². The molecular weight excluding hydrogens is 689 g/mol. The molecule has 0 radical (unpaired) electrons. The van der Waals surface area contributed by atoms with E-state index >= 15 is 8.78 Å². The highest BCUT2D eigenvalue weighted by Crippen LogP contribution is 2.45. The number of fused-ring (bicyclic) bond motifs is 2. The summed E-state index contributed by atoms with van der Waals surface area (Å²) in [4.78, 5) is 33.0. The molecule has 2 aliphatic rings. The van der Waals surface area contributed by atoms with Gasteiger partial charge in [0.25, 0.3) is 5.91 Å². The molecule has 20 heteroatoms. The minimum Gasteiger partial charge on any atom is -0.475 e. The number of carboxylic acids is 2. The van der Waals surface area contributed by atoms with Crippen LogP contribution in [-0.4, -0.2) is 75.6 Å². The van der Waals surface area contributed by atoms with Gasteiger partial charge in [-0.05, 0) is 24.1 Å². The molecule has 5 N–H and O–H groups in total. The monoisotopic (exact) mass is 709 g/mol. The first kappa shape index (κ1) is 35.8. The van der Waals surface area contributed by atoms with Gasteiger partial charge >= 0.3 is 24.3 Å². The molecule has 0 aliphatic carbocycles. The van der Waals surface area contributed by atoms with Crippen molar-refractivity contribution >= 4 is 55.2 Å². The van der Waals surface area contributed by atoms with Crippen molar-refractivity contribution in [2.75, 3.05) is 25.4 Å². The smallest absolute Gasteiger partial charge is 0.475 e. The van der Waals surface area contributed by atoms with Crippen molar-refractivity contribution in [1.82, 2.24) is 14.8 Å². The van der Waals surface area contributed by atoms with Crippen LogP contribution in [-0.2, 0) is 16.1 Å². The molecule has 2 aromatic carbocycles. The lowest BCUT2D eigenvalue weighted by Crippen LogP contribution is -2.54. The standard InChI is InChI=1S/C24H18F3N5OS.2C2HF3O2/c25-15-2-1-12(18-14(8-28)23(29)34-22(15)18)19-16(26)7-13-21-20(19)17(27)10-31(21)5-3-11-9-30-4-6-32(11)24(13)33;2*3-2(4,5)1(6)7/h1-2,7,10-11,30H,3-6,9,29H2;2*(H,6,7)/t11-;;/m1../s1. The Kier molecular flexibility index (Phi) is 9.87. The SMILES string of the molecule is N#Cc1c(N)sc2c(F)ccc(-c3c(F)cc4c5c3c(F)cn5CC[C@@H]3CNCCN3C4=O)c12.O=C(O)C(F)(F)F.O=C(O)C(F)(F)F. The fourth-order valence-electron chi connectivity index (χ4n) is 5.28. The Labute approximate surface area is 266 Å². The first-order valence-electron chi connectivity index (χ1n) is 13.3. The minimum absolute atomic E-state index is 0.0202. The lowest BCUT2D eigenvalue weighted by atomic mass is 9.93. The van der Waals surface area contributed by atoms with Crippen LogP contribution in [0.15, 0.2) is 24.4 Å². The van der Waals surface area contributed by atoms with Crippen LogP contribution in [0.4, 0.5) is 44.5 Å².